The number of rotatable bonds is 8. The van der Waals surface area contributed by atoms with Gasteiger partial charge in [-0.25, -0.2) is 0 Å². The monoisotopic (exact) mass is 332 g/mol. The van der Waals surface area contributed by atoms with Crippen molar-refractivity contribution in [2.24, 2.45) is 0 Å². The van der Waals surface area contributed by atoms with Crippen LogP contribution in [0.25, 0.3) is 0 Å². The van der Waals surface area contributed by atoms with Gasteiger partial charge in [-0.3, -0.25) is 9.59 Å². The van der Waals surface area contributed by atoms with Crippen LogP contribution in [0.4, 0.5) is 0 Å². The number of carbonyl (C=O) groups is 2. The molecule has 2 amide bonds. The van der Waals surface area contributed by atoms with Gasteiger partial charge in [0.25, 0.3) is 0 Å². The van der Waals surface area contributed by atoms with Crippen LogP contribution in [0, 0.1) is 0 Å². The highest BCUT2D eigenvalue weighted by atomic mass is 16.5. The molecule has 1 saturated heterocycles. The van der Waals surface area contributed by atoms with Crippen LogP contribution < -0.4 is 10.1 Å². The minimum absolute atomic E-state index is 0.00857. The Balaban J connectivity index is 1.35. The van der Waals surface area contributed by atoms with Gasteiger partial charge in [0.05, 0.1) is 6.61 Å². The summed E-state index contributed by atoms with van der Waals surface area (Å²) in [6, 6.07) is 9.47. The molecule has 1 N–H and O–H groups in total. The SMILES string of the molecule is O=C(NC1CC1)C1CCCN1C(=O)COCCOc1ccccc1. The average molecular weight is 332 g/mol. The molecule has 130 valence electrons. The maximum Gasteiger partial charge on any atom is 0.249 e. The molecule has 3 rings (SSSR count). The molecule has 1 aliphatic heterocycles. The third-order valence-electron chi connectivity index (χ3n) is 4.26. The lowest BCUT2D eigenvalue weighted by molar-refractivity contribution is -0.142. The van der Waals surface area contributed by atoms with Crippen molar-refractivity contribution < 1.29 is 19.1 Å². The molecule has 1 aliphatic carbocycles. The molecule has 0 radical (unpaired) electrons. The van der Waals surface area contributed by atoms with Crippen molar-refractivity contribution in [2.75, 3.05) is 26.4 Å². The fourth-order valence-electron chi connectivity index (χ4n) is 2.84. The Morgan fingerprint density at radius 1 is 1.12 bits per heavy atom. The van der Waals surface area contributed by atoms with E-state index < -0.39 is 0 Å². The van der Waals surface area contributed by atoms with Crippen molar-refractivity contribution >= 4 is 11.8 Å². The summed E-state index contributed by atoms with van der Waals surface area (Å²) in [6.07, 6.45) is 3.71. The molecule has 2 fully saturated rings. The smallest absolute Gasteiger partial charge is 0.249 e. The van der Waals surface area contributed by atoms with E-state index in [2.05, 4.69) is 5.32 Å². The van der Waals surface area contributed by atoms with Crippen molar-refractivity contribution in [1.29, 1.82) is 0 Å². The molecule has 0 bridgehead atoms. The molecule has 1 aromatic carbocycles. The van der Waals surface area contributed by atoms with E-state index in [1.165, 1.54) is 0 Å². The second-order valence-electron chi connectivity index (χ2n) is 6.24. The molecule has 1 atom stereocenters. The van der Waals surface area contributed by atoms with E-state index in [9.17, 15) is 9.59 Å². The van der Waals surface area contributed by atoms with E-state index in [0.29, 0.717) is 25.8 Å². The van der Waals surface area contributed by atoms with E-state index in [1.54, 1.807) is 4.90 Å². The molecule has 0 aromatic heterocycles. The number of hydrogen-bond acceptors (Lipinski definition) is 4. The zero-order valence-electron chi connectivity index (χ0n) is 13.8. The van der Waals surface area contributed by atoms with Gasteiger partial charge in [-0.15, -0.1) is 0 Å². The van der Waals surface area contributed by atoms with Gasteiger partial charge in [0.1, 0.15) is 25.0 Å². The van der Waals surface area contributed by atoms with E-state index in [4.69, 9.17) is 9.47 Å². The van der Waals surface area contributed by atoms with Crippen molar-refractivity contribution in [2.45, 2.75) is 37.8 Å². The zero-order chi connectivity index (χ0) is 16.8. The third kappa shape index (κ3) is 4.71. The minimum atomic E-state index is -0.331. The Kier molecular flexibility index (Phi) is 5.69. The molecule has 6 heteroatoms. The maximum atomic E-state index is 12.3. The molecular formula is C18H24N2O4. The second-order valence-corrected chi connectivity index (χ2v) is 6.24. The van der Waals surface area contributed by atoms with Gasteiger partial charge in [-0.05, 0) is 37.8 Å². The van der Waals surface area contributed by atoms with Gasteiger partial charge in [-0.1, -0.05) is 18.2 Å². The Morgan fingerprint density at radius 3 is 2.67 bits per heavy atom. The summed E-state index contributed by atoms with van der Waals surface area (Å²) >= 11 is 0. The highest BCUT2D eigenvalue weighted by Crippen LogP contribution is 2.22. The summed E-state index contributed by atoms with van der Waals surface area (Å²) < 4.78 is 10.9. The van der Waals surface area contributed by atoms with Gasteiger partial charge in [0, 0.05) is 12.6 Å². The van der Waals surface area contributed by atoms with Gasteiger partial charge in [-0.2, -0.15) is 0 Å². The van der Waals surface area contributed by atoms with Crippen molar-refractivity contribution in [3.8, 4) is 5.75 Å². The van der Waals surface area contributed by atoms with E-state index in [-0.39, 0.29) is 24.5 Å². The van der Waals surface area contributed by atoms with Crippen LogP contribution in [0.1, 0.15) is 25.7 Å². The second kappa shape index (κ2) is 8.15. The Bertz CT molecular complexity index is 559. The number of carbonyl (C=O) groups excluding carboxylic acids is 2. The number of hydrogen-bond donors (Lipinski definition) is 1. The van der Waals surface area contributed by atoms with Crippen molar-refractivity contribution in [3.05, 3.63) is 30.3 Å². The number of para-hydroxylation sites is 1. The molecule has 1 unspecified atom stereocenters. The first-order valence-electron chi connectivity index (χ1n) is 8.59. The predicted molar refractivity (Wildman–Crippen MR) is 88.7 cm³/mol. The van der Waals surface area contributed by atoms with Crippen LogP contribution in [0.3, 0.4) is 0 Å². The van der Waals surface area contributed by atoms with E-state index >= 15 is 0 Å². The first-order chi connectivity index (χ1) is 11.7. The van der Waals surface area contributed by atoms with Crippen molar-refractivity contribution in [1.82, 2.24) is 10.2 Å². The lowest BCUT2D eigenvalue weighted by atomic mass is 10.2. The summed E-state index contributed by atoms with van der Waals surface area (Å²) in [7, 11) is 0. The van der Waals surface area contributed by atoms with Crippen LogP contribution in [0.15, 0.2) is 30.3 Å². The van der Waals surface area contributed by atoms with Gasteiger partial charge in [0.2, 0.25) is 11.8 Å². The summed E-state index contributed by atoms with van der Waals surface area (Å²) in [5, 5.41) is 2.98. The average Bonchev–Trinajstić information content (AvgIpc) is 3.26. The molecule has 0 spiro atoms. The molecule has 6 nitrogen and oxygen atoms in total. The number of amides is 2. The summed E-state index contributed by atoms with van der Waals surface area (Å²) in [5.41, 5.74) is 0. The summed E-state index contributed by atoms with van der Waals surface area (Å²) in [4.78, 5) is 26.1. The van der Waals surface area contributed by atoms with Crippen LogP contribution in [-0.2, 0) is 14.3 Å². The predicted octanol–water partition coefficient (Wildman–Crippen LogP) is 1.35. The fraction of sp³-hybridized carbons (Fsp3) is 0.556. The van der Waals surface area contributed by atoms with E-state index in [0.717, 1.165) is 31.4 Å². The largest absolute Gasteiger partial charge is 0.491 e. The minimum Gasteiger partial charge on any atom is -0.491 e. The number of ether oxygens (including phenoxy) is 2. The first-order valence-corrected chi connectivity index (χ1v) is 8.59. The van der Waals surface area contributed by atoms with Crippen LogP contribution >= 0.6 is 0 Å². The first kappa shape index (κ1) is 16.8. The molecule has 24 heavy (non-hydrogen) atoms. The van der Waals surface area contributed by atoms with Crippen LogP contribution in [0.2, 0.25) is 0 Å². The third-order valence-corrected chi connectivity index (χ3v) is 4.26. The number of nitrogens with one attached hydrogen (secondary N) is 1. The fourth-order valence-corrected chi connectivity index (χ4v) is 2.84. The maximum absolute atomic E-state index is 12.3. The van der Waals surface area contributed by atoms with Gasteiger partial charge < -0.3 is 19.7 Å². The van der Waals surface area contributed by atoms with E-state index in [1.807, 2.05) is 30.3 Å². The van der Waals surface area contributed by atoms with Crippen LogP contribution in [-0.4, -0.2) is 55.2 Å². The Labute approximate surface area is 142 Å². The highest BCUT2D eigenvalue weighted by Gasteiger charge is 2.36. The Morgan fingerprint density at radius 2 is 1.92 bits per heavy atom. The summed E-state index contributed by atoms with van der Waals surface area (Å²) in [5.74, 6) is 0.641. The quantitative estimate of drug-likeness (QED) is 0.730. The zero-order valence-corrected chi connectivity index (χ0v) is 13.8. The van der Waals surface area contributed by atoms with Gasteiger partial charge in [0.15, 0.2) is 0 Å². The topological polar surface area (TPSA) is 67.9 Å². The standard InChI is InChI=1S/C18H24N2O4/c21-17(13-23-11-12-24-15-5-2-1-3-6-15)20-10-4-7-16(20)18(22)19-14-8-9-14/h1-3,5-6,14,16H,4,7-13H2,(H,19,22). The lowest BCUT2D eigenvalue weighted by Crippen LogP contribution is -2.47. The number of benzene rings is 1. The normalized spacial score (nSPS) is 20.0. The summed E-state index contributed by atoms with van der Waals surface area (Å²) in [6.45, 7) is 1.35. The lowest BCUT2D eigenvalue weighted by Gasteiger charge is -2.24. The molecular weight excluding hydrogens is 308 g/mol. The Hall–Kier alpha value is -2.08. The van der Waals surface area contributed by atoms with Gasteiger partial charge >= 0.3 is 0 Å². The number of likely N-dealkylation sites (tertiary alicyclic amines) is 1. The number of nitrogens with zero attached hydrogens (tertiary/aromatic N) is 1. The highest BCUT2D eigenvalue weighted by molar-refractivity contribution is 5.89. The molecule has 1 saturated carbocycles. The van der Waals surface area contributed by atoms with Crippen molar-refractivity contribution in [3.63, 3.8) is 0 Å². The molecule has 1 heterocycles. The molecule has 1 aromatic rings. The van der Waals surface area contributed by atoms with Crippen LogP contribution in [0.5, 0.6) is 5.75 Å². The molecule has 2 aliphatic rings.